The Labute approximate surface area is 164 Å². The van der Waals surface area contributed by atoms with Crippen LogP contribution >= 0.6 is 0 Å². The average Bonchev–Trinajstić information content (AvgIpc) is 3.00. The van der Waals surface area contributed by atoms with Gasteiger partial charge in [0.25, 0.3) is 5.91 Å². The third-order valence-electron chi connectivity index (χ3n) is 5.38. The second-order valence-electron chi connectivity index (χ2n) is 7.65. The van der Waals surface area contributed by atoms with E-state index >= 15 is 0 Å². The summed E-state index contributed by atoms with van der Waals surface area (Å²) in [5, 5.41) is 8.49. The number of aromatic nitrogens is 4. The van der Waals surface area contributed by atoms with Gasteiger partial charge < -0.3 is 10.2 Å². The molecular formula is C21H26N6O. The zero-order valence-electron chi connectivity index (χ0n) is 16.9. The van der Waals surface area contributed by atoms with Gasteiger partial charge in [-0.15, -0.1) is 0 Å². The van der Waals surface area contributed by atoms with Gasteiger partial charge in [-0.05, 0) is 63.4 Å². The topological polar surface area (TPSA) is 75.9 Å². The highest BCUT2D eigenvalue weighted by Crippen LogP contribution is 2.23. The number of nitrogens with zero attached hydrogens (tertiary/aromatic N) is 5. The van der Waals surface area contributed by atoms with Gasteiger partial charge >= 0.3 is 0 Å². The number of aryl methyl sites for hydroxylation is 4. The summed E-state index contributed by atoms with van der Waals surface area (Å²) in [5.74, 6) is 0.901. The maximum absolute atomic E-state index is 12.5. The fourth-order valence-corrected chi connectivity index (χ4v) is 3.93. The summed E-state index contributed by atoms with van der Waals surface area (Å²) in [6.07, 6.45) is 1.78. The molecule has 0 saturated carbocycles. The summed E-state index contributed by atoms with van der Waals surface area (Å²) in [6, 6.07) is 8.26. The minimum atomic E-state index is -0.0551. The second kappa shape index (κ2) is 7.22. The first-order valence-electron chi connectivity index (χ1n) is 9.72. The number of carbonyl (C=O) groups is 1. The molecule has 1 N–H and O–H groups in total. The molecule has 0 spiro atoms. The van der Waals surface area contributed by atoms with Crippen LogP contribution in [0.4, 0.5) is 5.82 Å². The molecule has 4 rings (SSSR count). The van der Waals surface area contributed by atoms with Crippen molar-refractivity contribution in [1.29, 1.82) is 0 Å². The van der Waals surface area contributed by atoms with Crippen molar-refractivity contribution in [2.75, 3.05) is 18.0 Å². The highest BCUT2D eigenvalue weighted by Gasteiger charge is 2.23. The summed E-state index contributed by atoms with van der Waals surface area (Å²) >= 11 is 0. The molecule has 28 heavy (non-hydrogen) atoms. The van der Waals surface area contributed by atoms with Gasteiger partial charge in [0.15, 0.2) is 5.65 Å². The predicted octanol–water partition coefficient (Wildman–Crippen LogP) is 2.69. The van der Waals surface area contributed by atoms with Crippen LogP contribution in [0.5, 0.6) is 0 Å². The van der Waals surface area contributed by atoms with Gasteiger partial charge in [-0.25, -0.2) is 9.97 Å². The lowest BCUT2D eigenvalue weighted by atomic mass is 10.0. The van der Waals surface area contributed by atoms with E-state index in [1.54, 1.807) is 11.7 Å². The summed E-state index contributed by atoms with van der Waals surface area (Å²) in [5.41, 5.74) is 4.45. The molecule has 3 aromatic heterocycles. The lowest BCUT2D eigenvalue weighted by Crippen LogP contribution is -2.45. The van der Waals surface area contributed by atoms with Crippen molar-refractivity contribution in [1.82, 2.24) is 25.1 Å². The highest BCUT2D eigenvalue weighted by atomic mass is 16.2. The van der Waals surface area contributed by atoms with Crippen molar-refractivity contribution in [3.63, 3.8) is 0 Å². The van der Waals surface area contributed by atoms with Crippen molar-refractivity contribution < 1.29 is 4.79 Å². The Hall–Kier alpha value is -2.96. The first-order valence-corrected chi connectivity index (χ1v) is 9.72. The van der Waals surface area contributed by atoms with Crippen LogP contribution in [0.2, 0.25) is 0 Å². The first kappa shape index (κ1) is 18.4. The van der Waals surface area contributed by atoms with Crippen molar-refractivity contribution in [3.05, 3.63) is 46.9 Å². The van der Waals surface area contributed by atoms with Crippen molar-refractivity contribution in [2.24, 2.45) is 7.05 Å². The first-order chi connectivity index (χ1) is 13.4. The fourth-order valence-electron chi connectivity index (χ4n) is 3.93. The Bertz CT molecular complexity index is 1030. The molecule has 1 fully saturated rings. The number of pyridine rings is 2. The Kier molecular flexibility index (Phi) is 4.75. The van der Waals surface area contributed by atoms with E-state index in [0.717, 1.165) is 54.2 Å². The molecule has 0 aliphatic carbocycles. The lowest BCUT2D eigenvalue weighted by molar-refractivity contribution is 0.0921. The van der Waals surface area contributed by atoms with Crippen LogP contribution in [0.3, 0.4) is 0 Å². The third kappa shape index (κ3) is 3.56. The Morgan fingerprint density at radius 1 is 1.07 bits per heavy atom. The van der Waals surface area contributed by atoms with Gasteiger partial charge in [0, 0.05) is 37.3 Å². The van der Waals surface area contributed by atoms with Gasteiger partial charge in [-0.3, -0.25) is 9.48 Å². The predicted molar refractivity (Wildman–Crippen MR) is 110 cm³/mol. The highest BCUT2D eigenvalue weighted by molar-refractivity contribution is 5.92. The largest absolute Gasteiger partial charge is 0.356 e. The van der Waals surface area contributed by atoms with Gasteiger partial charge in [-0.1, -0.05) is 0 Å². The van der Waals surface area contributed by atoms with E-state index in [4.69, 9.17) is 4.98 Å². The van der Waals surface area contributed by atoms with E-state index < -0.39 is 0 Å². The fraction of sp³-hybridized carbons (Fsp3) is 0.429. The maximum Gasteiger partial charge on any atom is 0.269 e. The van der Waals surface area contributed by atoms with Crippen LogP contribution in [-0.2, 0) is 7.05 Å². The van der Waals surface area contributed by atoms with Gasteiger partial charge in [-0.2, -0.15) is 5.10 Å². The number of amides is 1. The molecule has 3 aromatic rings. The number of carbonyl (C=O) groups excluding carboxylic acids is 1. The molecule has 1 aliphatic rings. The Balaban J connectivity index is 1.42. The molecule has 4 heterocycles. The van der Waals surface area contributed by atoms with Crippen LogP contribution in [0.25, 0.3) is 11.0 Å². The summed E-state index contributed by atoms with van der Waals surface area (Å²) in [6.45, 7) is 7.70. The summed E-state index contributed by atoms with van der Waals surface area (Å²) in [7, 11) is 1.80. The lowest BCUT2D eigenvalue weighted by Gasteiger charge is -2.33. The number of fused-ring (bicyclic) bond motifs is 1. The smallest absolute Gasteiger partial charge is 0.269 e. The molecule has 146 valence electrons. The van der Waals surface area contributed by atoms with Gasteiger partial charge in [0.1, 0.15) is 11.5 Å². The second-order valence-corrected chi connectivity index (χ2v) is 7.65. The molecule has 1 saturated heterocycles. The van der Waals surface area contributed by atoms with Crippen molar-refractivity contribution in [2.45, 2.75) is 39.7 Å². The molecule has 0 radical (unpaired) electrons. The van der Waals surface area contributed by atoms with E-state index in [9.17, 15) is 4.79 Å². The third-order valence-corrected chi connectivity index (χ3v) is 5.38. The molecule has 0 atom stereocenters. The molecule has 0 bridgehead atoms. The zero-order chi connectivity index (χ0) is 19.8. The van der Waals surface area contributed by atoms with E-state index in [-0.39, 0.29) is 11.9 Å². The average molecular weight is 378 g/mol. The number of anilines is 1. The molecule has 0 aromatic carbocycles. The standard InChI is InChI=1S/C21H26N6O/c1-13-11-14(2)22-20-17(13)5-6-19(24-20)27-9-7-16(8-10-27)23-21(28)18-12-15(3)25-26(18)4/h5-6,11-12,16H,7-10H2,1-4H3,(H,23,28). The minimum absolute atomic E-state index is 0.0551. The SMILES string of the molecule is Cc1cc(C)c2ccc(N3CCC(NC(=O)c4cc(C)nn4C)CC3)nc2n1. The summed E-state index contributed by atoms with van der Waals surface area (Å²) < 4.78 is 1.63. The molecule has 1 aliphatic heterocycles. The zero-order valence-corrected chi connectivity index (χ0v) is 16.9. The van der Waals surface area contributed by atoms with Crippen LogP contribution < -0.4 is 10.2 Å². The Morgan fingerprint density at radius 3 is 2.50 bits per heavy atom. The maximum atomic E-state index is 12.5. The van der Waals surface area contributed by atoms with Crippen LogP contribution in [0.15, 0.2) is 24.3 Å². The normalized spacial score (nSPS) is 15.2. The number of hydrogen-bond donors (Lipinski definition) is 1. The molecule has 1 amide bonds. The van der Waals surface area contributed by atoms with Crippen molar-refractivity contribution in [3.8, 4) is 0 Å². The molecule has 7 nitrogen and oxygen atoms in total. The van der Waals surface area contributed by atoms with Crippen LogP contribution in [0.1, 0.15) is 40.3 Å². The number of nitrogens with one attached hydrogen (secondary N) is 1. The molecule has 7 heteroatoms. The Morgan fingerprint density at radius 2 is 1.82 bits per heavy atom. The number of rotatable bonds is 3. The van der Waals surface area contributed by atoms with E-state index in [1.807, 2.05) is 19.9 Å². The summed E-state index contributed by atoms with van der Waals surface area (Å²) in [4.78, 5) is 24.1. The monoisotopic (exact) mass is 378 g/mol. The molecular weight excluding hydrogens is 352 g/mol. The molecule has 0 unspecified atom stereocenters. The number of hydrogen-bond acceptors (Lipinski definition) is 5. The quantitative estimate of drug-likeness (QED) is 0.758. The van der Waals surface area contributed by atoms with E-state index in [2.05, 4.69) is 45.4 Å². The van der Waals surface area contributed by atoms with Gasteiger partial charge in [0.05, 0.1) is 5.69 Å². The van der Waals surface area contributed by atoms with E-state index in [1.165, 1.54) is 5.56 Å². The minimum Gasteiger partial charge on any atom is -0.356 e. The van der Waals surface area contributed by atoms with E-state index in [0.29, 0.717) is 5.69 Å². The van der Waals surface area contributed by atoms with Gasteiger partial charge in [0.2, 0.25) is 0 Å². The van der Waals surface area contributed by atoms with Crippen LogP contribution in [0, 0.1) is 20.8 Å². The van der Waals surface area contributed by atoms with Crippen LogP contribution in [-0.4, -0.2) is 44.8 Å². The van der Waals surface area contributed by atoms with Crippen molar-refractivity contribution >= 4 is 22.8 Å². The number of piperidine rings is 1.